The number of hydrogen-bond donors (Lipinski definition) is 1. The van der Waals surface area contributed by atoms with E-state index in [0.717, 1.165) is 41.3 Å². The average Bonchev–Trinajstić information content (AvgIpc) is 3.08. The molecule has 4 rings (SSSR count). The quantitative estimate of drug-likeness (QED) is 0.596. The van der Waals surface area contributed by atoms with Gasteiger partial charge in [0.15, 0.2) is 5.13 Å². The average molecular weight is 424 g/mol. The summed E-state index contributed by atoms with van der Waals surface area (Å²) in [6.45, 7) is 1.48. The molecule has 1 N–H and O–H groups in total. The van der Waals surface area contributed by atoms with Crippen LogP contribution < -0.4 is 10.2 Å². The summed E-state index contributed by atoms with van der Waals surface area (Å²) in [6.07, 6.45) is 1.47. The highest BCUT2D eigenvalue weighted by molar-refractivity contribution is 7.22. The number of thiazole rings is 1. The van der Waals surface area contributed by atoms with Gasteiger partial charge in [0.05, 0.1) is 20.3 Å². The Kier molecular flexibility index (Phi) is 5.21. The van der Waals surface area contributed by atoms with Gasteiger partial charge in [0.1, 0.15) is 5.82 Å². The monoisotopic (exact) mass is 423 g/mol. The van der Waals surface area contributed by atoms with Crippen molar-refractivity contribution in [1.82, 2.24) is 4.98 Å². The van der Waals surface area contributed by atoms with Gasteiger partial charge >= 0.3 is 0 Å². The van der Waals surface area contributed by atoms with E-state index >= 15 is 0 Å². The maximum Gasteiger partial charge on any atom is 0.227 e. The summed E-state index contributed by atoms with van der Waals surface area (Å²) in [5.41, 5.74) is 1.45. The Morgan fingerprint density at radius 3 is 2.67 bits per heavy atom. The highest BCUT2D eigenvalue weighted by atomic mass is 35.5. The Morgan fingerprint density at radius 1 is 1.15 bits per heavy atom. The summed E-state index contributed by atoms with van der Waals surface area (Å²) in [4.78, 5) is 19.3. The van der Waals surface area contributed by atoms with Crippen LogP contribution in [0.4, 0.5) is 15.2 Å². The van der Waals surface area contributed by atoms with Gasteiger partial charge in [0, 0.05) is 24.7 Å². The number of nitrogens with zero attached hydrogens (tertiary/aromatic N) is 2. The fourth-order valence-corrected chi connectivity index (χ4v) is 4.51. The fraction of sp³-hybridized carbons (Fsp3) is 0.263. The van der Waals surface area contributed by atoms with Gasteiger partial charge in [-0.2, -0.15) is 0 Å². The van der Waals surface area contributed by atoms with Crippen molar-refractivity contribution in [2.24, 2.45) is 5.92 Å². The molecule has 0 saturated carbocycles. The molecule has 2 heterocycles. The van der Waals surface area contributed by atoms with Crippen LogP contribution >= 0.6 is 34.5 Å². The molecule has 1 aromatic heterocycles. The number of rotatable bonds is 3. The van der Waals surface area contributed by atoms with Crippen LogP contribution in [0, 0.1) is 11.7 Å². The van der Waals surface area contributed by atoms with Crippen molar-refractivity contribution in [2.45, 2.75) is 12.8 Å². The largest absolute Gasteiger partial charge is 0.348 e. The molecule has 27 heavy (non-hydrogen) atoms. The third-order valence-electron chi connectivity index (χ3n) is 4.66. The van der Waals surface area contributed by atoms with E-state index in [9.17, 15) is 9.18 Å². The van der Waals surface area contributed by atoms with Gasteiger partial charge in [-0.25, -0.2) is 9.37 Å². The number of benzene rings is 2. The predicted molar refractivity (Wildman–Crippen MR) is 110 cm³/mol. The first-order valence-corrected chi connectivity index (χ1v) is 10.1. The zero-order valence-electron chi connectivity index (χ0n) is 14.2. The summed E-state index contributed by atoms with van der Waals surface area (Å²) in [6, 6.07) is 9.68. The van der Waals surface area contributed by atoms with Gasteiger partial charge in [-0.3, -0.25) is 4.79 Å². The van der Waals surface area contributed by atoms with Crippen molar-refractivity contribution in [2.75, 3.05) is 23.3 Å². The number of anilines is 2. The molecule has 0 aliphatic carbocycles. The van der Waals surface area contributed by atoms with Crippen molar-refractivity contribution in [3.63, 3.8) is 0 Å². The number of hydrogen-bond acceptors (Lipinski definition) is 4. The first-order valence-electron chi connectivity index (χ1n) is 8.56. The number of amides is 1. The molecule has 1 amide bonds. The molecule has 0 unspecified atom stereocenters. The Labute approximate surface area is 169 Å². The van der Waals surface area contributed by atoms with Gasteiger partial charge in [-0.05, 0) is 49.2 Å². The molecule has 0 atom stereocenters. The van der Waals surface area contributed by atoms with E-state index in [1.807, 2.05) is 0 Å². The molecule has 1 aliphatic heterocycles. The van der Waals surface area contributed by atoms with E-state index in [1.165, 1.54) is 23.5 Å². The van der Waals surface area contributed by atoms with E-state index < -0.39 is 0 Å². The molecule has 8 heteroatoms. The van der Waals surface area contributed by atoms with Gasteiger partial charge in [-0.15, -0.1) is 0 Å². The second kappa shape index (κ2) is 7.62. The van der Waals surface area contributed by atoms with Crippen LogP contribution in [0.25, 0.3) is 10.2 Å². The normalized spacial score (nSPS) is 15.3. The summed E-state index contributed by atoms with van der Waals surface area (Å²) in [5.74, 6) is -0.336. The molecule has 0 bridgehead atoms. The number of carbonyl (C=O) groups is 1. The third kappa shape index (κ3) is 4.03. The highest BCUT2D eigenvalue weighted by Crippen LogP contribution is 2.32. The minimum absolute atomic E-state index is 0.0144. The van der Waals surface area contributed by atoms with Crippen LogP contribution in [0.2, 0.25) is 10.0 Å². The van der Waals surface area contributed by atoms with Crippen molar-refractivity contribution in [3.05, 3.63) is 52.3 Å². The first kappa shape index (κ1) is 18.5. The number of aromatic nitrogens is 1. The second-order valence-corrected chi connectivity index (χ2v) is 8.31. The minimum Gasteiger partial charge on any atom is -0.348 e. The number of nitrogens with one attached hydrogen (secondary N) is 1. The lowest BCUT2D eigenvalue weighted by Gasteiger charge is -2.31. The van der Waals surface area contributed by atoms with Crippen LogP contribution in [0.15, 0.2) is 36.4 Å². The van der Waals surface area contributed by atoms with Crippen LogP contribution in [0.1, 0.15) is 12.8 Å². The van der Waals surface area contributed by atoms with Crippen LogP contribution in [0.3, 0.4) is 0 Å². The fourth-order valence-electron chi connectivity index (χ4n) is 3.17. The Hall–Kier alpha value is -1.89. The smallest absolute Gasteiger partial charge is 0.227 e. The molecule has 1 aliphatic rings. The van der Waals surface area contributed by atoms with E-state index in [-0.39, 0.29) is 17.6 Å². The second-order valence-electron chi connectivity index (χ2n) is 6.49. The SMILES string of the molecule is O=C(Nc1ccc(Cl)c(Cl)c1)C1CCN(c2nc3ccc(F)cc3s2)CC1. The van der Waals surface area contributed by atoms with Crippen LogP contribution in [-0.4, -0.2) is 24.0 Å². The minimum atomic E-state index is -0.254. The summed E-state index contributed by atoms with van der Waals surface area (Å²) in [5, 5.41) is 4.65. The van der Waals surface area contributed by atoms with Gasteiger partial charge in [-0.1, -0.05) is 34.5 Å². The maximum absolute atomic E-state index is 13.4. The number of halogens is 3. The van der Waals surface area contributed by atoms with Crippen molar-refractivity contribution in [1.29, 1.82) is 0 Å². The standard InChI is InChI=1S/C19H16Cl2FN3OS/c20-14-3-2-13(10-15(14)21)23-18(26)11-5-7-25(8-6-11)19-24-16-4-1-12(22)9-17(16)27-19/h1-4,9-11H,5-8H2,(H,23,26). The number of piperidine rings is 1. The highest BCUT2D eigenvalue weighted by Gasteiger charge is 2.26. The molecule has 2 aromatic carbocycles. The lowest BCUT2D eigenvalue weighted by molar-refractivity contribution is -0.120. The molecule has 1 fully saturated rings. The third-order valence-corrected chi connectivity index (χ3v) is 6.48. The predicted octanol–water partition coefficient (Wildman–Crippen LogP) is 5.60. The molecule has 1 saturated heterocycles. The summed E-state index contributed by atoms with van der Waals surface area (Å²) < 4.78 is 14.2. The van der Waals surface area contributed by atoms with E-state index in [0.29, 0.717) is 15.7 Å². The van der Waals surface area contributed by atoms with Crippen molar-refractivity contribution >= 4 is 61.5 Å². The van der Waals surface area contributed by atoms with Crippen LogP contribution in [0.5, 0.6) is 0 Å². The molecule has 0 radical (unpaired) electrons. The Bertz CT molecular complexity index is 1000. The Balaban J connectivity index is 1.38. The number of fused-ring (bicyclic) bond motifs is 1. The van der Waals surface area contributed by atoms with E-state index in [1.54, 1.807) is 24.3 Å². The molecule has 3 aromatic rings. The molecule has 140 valence electrons. The number of carbonyl (C=O) groups excluding carboxylic acids is 1. The van der Waals surface area contributed by atoms with Gasteiger partial charge in [0.25, 0.3) is 0 Å². The van der Waals surface area contributed by atoms with Crippen molar-refractivity contribution < 1.29 is 9.18 Å². The lowest BCUT2D eigenvalue weighted by atomic mass is 9.96. The van der Waals surface area contributed by atoms with Gasteiger partial charge in [0.2, 0.25) is 5.91 Å². The van der Waals surface area contributed by atoms with Gasteiger partial charge < -0.3 is 10.2 Å². The molecular weight excluding hydrogens is 408 g/mol. The Morgan fingerprint density at radius 2 is 1.93 bits per heavy atom. The first-order chi connectivity index (χ1) is 13.0. The molecular formula is C19H16Cl2FN3OS. The zero-order valence-corrected chi connectivity index (χ0v) is 16.5. The summed E-state index contributed by atoms with van der Waals surface area (Å²) >= 11 is 13.4. The van der Waals surface area contributed by atoms with Crippen molar-refractivity contribution in [3.8, 4) is 0 Å². The van der Waals surface area contributed by atoms with E-state index in [4.69, 9.17) is 23.2 Å². The van der Waals surface area contributed by atoms with E-state index in [2.05, 4.69) is 15.2 Å². The lowest BCUT2D eigenvalue weighted by Crippen LogP contribution is -2.38. The molecule has 0 spiro atoms. The topological polar surface area (TPSA) is 45.2 Å². The zero-order chi connectivity index (χ0) is 19.0. The summed E-state index contributed by atoms with van der Waals surface area (Å²) in [7, 11) is 0. The van der Waals surface area contributed by atoms with Crippen LogP contribution in [-0.2, 0) is 4.79 Å². The maximum atomic E-state index is 13.4. The molecule has 4 nitrogen and oxygen atoms in total.